The monoisotopic (exact) mass is 352 g/mol. The molecular formula is C20H17FN2O3. The third kappa shape index (κ3) is 2.22. The first-order valence-corrected chi connectivity index (χ1v) is 8.56. The van der Waals surface area contributed by atoms with Crippen LogP contribution in [0.25, 0.3) is 10.9 Å². The quantitative estimate of drug-likeness (QED) is 0.675. The molecule has 5 nitrogen and oxygen atoms in total. The van der Waals surface area contributed by atoms with Crippen molar-refractivity contribution in [2.75, 3.05) is 20.4 Å². The number of aromatic nitrogens is 1. The van der Waals surface area contributed by atoms with E-state index < -0.39 is 0 Å². The number of fused-ring (bicyclic) bond motifs is 4. The van der Waals surface area contributed by atoms with Crippen molar-refractivity contribution in [3.05, 3.63) is 59.0 Å². The van der Waals surface area contributed by atoms with Crippen molar-refractivity contribution < 1.29 is 18.7 Å². The van der Waals surface area contributed by atoms with Crippen LogP contribution in [0, 0.1) is 5.82 Å². The Hall–Kier alpha value is -2.86. The molecule has 0 N–H and O–H groups in total. The van der Waals surface area contributed by atoms with Gasteiger partial charge >= 0.3 is 0 Å². The highest BCUT2D eigenvalue weighted by Crippen LogP contribution is 2.40. The van der Waals surface area contributed by atoms with Crippen molar-refractivity contribution in [1.29, 1.82) is 0 Å². The average Bonchev–Trinajstić information content (AvgIpc) is 3.21. The van der Waals surface area contributed by atoms with E-state index in [2.05, 4.69) is 11.9 Å². The molecule has 6 heteroatoms. The number of hydrogen-bond acceptors (Lipinski definition) is 4. The van der Waals surface area contributed by atoms with Crippen molar-refractivity contribution in [3.8, 4) is 11.5 Å². The van der Waals surface area contributed by atoms with E-state index >= 15 is 0 Å². The zero-order chi connectivity index (χ0) is 17.8. The SMILES string of the molecule is CN1CCc2c(c3cc4c(cc3n2C(=O)c2ccc(F)cc2)OCO4)C1. The van der Waals surface area contributed by atoms with Crippen molar-refractivity contribution in [2.24, 2.45) is 0 Å². The summed E-state index contributed by atoms with van der Waals surface area (Å²) in [6, 6.07) is 9.51. The number of rotatable bonds is 1. The molecule has 132 valence electrons. The van der Waals surface area contributed by atoms with Gasteiger partial charge in [0.2, 0.25) is 6.79 Å². The number of nitrogens with zero attached hydrogens (tertiary/aromatic N) is 2. The van der Waals surface area contributed by atoms with E-state index in [1.807, 2.05) is 12.1 Å². The fourth-order valence-corrected chi connectivity index (χ4v) is 3.83. The van der Waals surface area contributed by atoms with Gasteiger partial charge in [0.05, 0.1) is 5.52 Å². The van der Waals surface area contributed by atoms with Crippen LogP contribution in [0.3, 0.4) is 0 Å². The van der Waals surface area contributed by atoms with Gasteiger partial charge in [-0.15, -0.1) is 0 Å². The molecule has 0 saturated heterocycles. The third-order valence-corrected chi connectivity index (χ3v) is 5.13. The molecule has 2 aliphatic heterocycles. The Kier molecular flexibility index (Phi) is 3.30. The maximum atomic E-state index is 13.3. The Bertz CT molecular complexity index is 1040. The lowest BCUT2D eigenvalue weighted by Crippen LogP contribution is -2.28. The molecular weight excluding hydrogens is 335 g/mol. The minimum Gasteiger partial charge on any atom is -0.454 e. The van der Waals surface area contributed by atoms with Gasteiger partial charge in [-0.25, -0.2) is 4.39 Å². The maximum absolute atomic E-state index is 13.3. The molecule has 0 saturated carbocycles. The van der Waals surface area contributed by atoms with Crippen LogP contribution in [0.15, 0.2) is 36.4 Å². The van der Waals surface area contributed by atoms with Crippen LogP contribution in [0.2, 0.25) is 0 Å². The van der Waals surface area contributed by atoms with Gasteiger partial charge in [-0.05, 0) is 42.9 Å². The van der Waals surface area contributed by atoms with E-state index in [-0.39, 0.29) is 18.5 Å². The second-order valence-electron chi connectivity index (χ2n) is 6.78. The fraction of sp³-hybridized carbons (Fsp3) is 0.250. The number of likely N-dealkylation sites (N-methyl/N-ethyl adjacent to an activating group) is 1. The first-order chi connectivity index (χ1) is 12.6. The Balaban J connectivity index is 1.75. The smallest absolute Gasteiger partial charge is 0.262 e. The van der Waals surface area contributed by atoms with Crippen molar-refractivity contribution >= 4 is 16.8 Å². The molecule has 2 aliphatic rings. The van der Waals surface area contributed by atoms with Crippen LogP contribution in [-0.2, 0) is 13.0 Å². The van der Waals surface area contributed by atoms with Crippen LogP contribution < -0.4 is 9.47 Å². The van der Waals surface area contributed by atoms with E-state index in [1.54, 1.807) is 4.57 Å². The lowest BCUT2D eigenvalue weighted by molar-refractivity contribution is 0.0960. The Morgan fingerprint density at radius 3 is 2.62 bits per heavy atom. The molecule has 5 rings (SSSR count). The van der Waals surface area contributed by atoms with Crippen LogP contribution in [-0.4, -0.2) is 35.8 Å². The molecule has 0 fully saturated rings. The summed E-state index contributed by atoms with van der Waals surface area (Å²) >= 11 is 0. The van der Waals surface area contributed by atoms with Gasteiger partial charge in [-0.2, -0.15) is 0 Å². The molecule has 1 aromatic heterocycles. The standard InChI is InChI=1S/C20H17FN2O3/c1-22-7-6-16-15(10-22)14-8-18-19(26-11-25-18)9-17(14)23(16)20(24)12-2-4-13(21)5-3-12/h2-5,8-9H,6-7,10-11H2,1H3. The molecule has 0 unspecified atom stereocenters. The summed E-state index contributed by atoms with van der Waals surface area (Å²) in [6.07, 6.45) is 0.778. The van der Waals surface area contributed by atoms with E-state index in [9.17, 15) is 9.18 Å². The van der Waals surface area contributed by atoms with Gasteiger partial charge in [0.15, 0.2) is 11.5 Å². The zero-order valence-corrected chi connectivity index (χ0v) is 14.3. The molecule has 0 radical (unpaired) electrons. The van der Waals surface area contributed by atoms with Crippen LogP contribution in [0.5, 0.6) is 11.5 Å². The minimum absolute atomic E-state index is 0.153. The van der Waals surface area contributed by atoms with Crippen molar-refractivity contribution in [2.45, 2.75) is 13.0 Å². The molecule has 0 atom stereocenters. The van der Waals surface area contributed by atoms with Gasteiger partial charge in [0, 0.05) is 42.2 Å². The lowest BCUT2D eigenvalue weighted by atomic mass is 10.0. The predicted octanol–water partition coefficient (Wildman–Crippen LogP) is 3.19. The molecule has 3 aromatic rings. The zero-order valence-electron chi connectivity index (χ0n) is 14.3. The molecule has 0 spiro atoms. The van der Waals surface area contributed by atoms with E-state index in [4.69, 9.17) is 9.47 Å². The van der Waals surface area contributed by atoms with Crippen molar-refractivity contribution in [3.63, 3.8) is 0 Å². The Labute approximate surface area is 149 Å². The number of ether oxygens (including phenoxy) is 2. The normalized spacial score (nSPS) is 16.1. The maximum Gasteiger partial charge on any atom is 0.262 e. The highest BCUT2D eigenvalue weighted by Gasteiger charge is 2.28. The fourth-order valence-electron chi connectivity index (χ4n) is 3.83. The topological polar surface area (TPSA) is 43.7 Å². The molecule has 2 aromatic carbocycles. The van der Waals surface area contributed by atoms with Crippen LogP contribution in [0.4, 0.5) is 4.39 Å². The van der Waals surface area contributed by atoms with Gasteiger partial charge < -0.3 is 14.4 Å². The van der Waals surface area contributed by atoms with Gasteiger partial charge in [0.1, 0.15) is 5.82 Å². The van der Waals surface area contributed by atoms with Gasteiger partial charge in [-0.3, -0.25) is 9.36 Å². The molecule has 0 aliphatic carbocycles. The first-order valence-electron chi connectivity index (χ1n) is 8.56. The predicted molar refractivity (Wildman–Crippen MR) is 94.2 cm³/mol. The first kappa shape index (κ1) is 15.4. The minimum atomic E-state index is -0.356. The van der Waals surface area contributed by atoms with E-state index in [1.165, 1.54) is 24.3 Å². The summed E-state index contributed by atoms with van der Waals surface area (Å²) in [5.41, 5.74) is 3.42. The van der Waals surface area contributed by atoms with Gasteiger partial charge in [-0.1, -0.05) is 0 Å². The molecule has 3 heterocycles. The number of hydrogen-bond donors (Lipinski definition) is 0. The average molecular weight is 352 g/mol. The molecule has 0 bridgehead atoms. The van der Waals surface area contributed by atoms with E-state index in [0.717, 1.165) is 41.7 Å². The van der Waals surface area contributed by atoms with Crippen LogP contribution >= 0.6 is 0 Å². The molecule has 0 amide bonds. The van der Waals surface area contributed by atoms with Crippen molar-refractivity contribution in [1.82, 2.24) is 9.47 Å². The highest BCUT2D eigenvalue weighted by atomic mass is 19.1. The van der Waals surface area contributed by atoms with Crippen LogP contribution in [0.1, 0.15) is 21.6 Å². The Morgan fingerprint density at radius 1 is 1.12 bits per heavy atom. The Morgan fingerprint density at radius 2 is 1.85 bits per heavy atom. The third-order valence-electron chi connectivity index (χ3n) is 5.13. The number of halogens is 1. The second kappa shape index (κ2) is 5.57. The largest absolute Gasteiger partial charge is 0.454 e. The second-order valence-corrected chi connectivity index (χ2v) is 6.78. The summed E-state index contributed by atoms with van der Waals surface area (Å²) < 4.78 is 26.0. The number of benzene rings is 2. The highest BCUT2D eigenvalue weighted by molar-refractivity contribution is 6.05. The summed E-state index contributed by atoms with van der Waals surface area (Å²) in [5, 5.41) is 1.01. The van der Waals surface area contributed by atoms with Gasteiger partial charge in [0.25, 0.3) is 5.91 Å². The molecule has 26 heavy (non-hydrogen) atoms. The summed E-state index contributed by atoms with van der Waals surface area (Å²) in [6.45, 7) is 1.85. The number of carbonyl (C=O) groups excluding carboxylic acids is 1. The summed E-state index contributed by atoms with van der Waals surface area (Å²) in [5.74, 6) is 0.847. The number of carbonyl (C=O) groups is 1. The van der Waals surface area contributed by atoms with E-state index in [0.29, 0.717) is 17.1 Å². The summed E-state index contributed by atoms with van der Waals surface area (Å²) in [4.78, 5) is 15.5. The lowest BCUT2D eigenvalue weighted by Gasteiger charge is -2.23. The summed E-state index contributed by atoms with van der Waals surface area (Å²) in [7, 11) is 2.07.